The van der Waals surface area contributed by atoms with Crippen LogP contribution in [0.2, 0.25) is 10.0 Å². The molecule has 16 rings (SSSR count). The third-order valence-electron chi connectivity index (χ3n) is 23.5. The molecule has 754 valence electrons. The Morgan fingerprint density at radius 1 is 0.504 bits per heavy atom. The predicted octanol–water partition coefficient (Wildman–Crippen LogP) is 14.0. The lowest BCUT2D eigenvalue weighted by atomic mass is 9.93. The van der Waals surface area contributed by atoms with Gasteiger partial charge in [0.2, 0.25) is 5.91 Å². The number of esters is 4. The van der Waals surface area contributed by atoms with Gasteiger partial charge < -0.3 is 65.8 Å². The van der Waals surface area contributed by atoms with E-state index in [1.165, 1.54) is 142 Å². The number of primary amides is 1. The molecule has 141 heavy (non-hydrogen) atoms. The van der Waals surface area contributed by atoms with Gasteiger partial charge in [0.25, 0.3) is 23.7 Å². The van der Waals surface area contributed by atoms with Crippen molar-refractivity contribution in [3.63, 3.8) is 0 Å². The summed E-state index contributed by atoms with van der Waals surface area (Å²) in [5, 5.41) is 48.5. The highest BCUT2D eigenvalue weighted by atomic mass is 79.9. The van der Waals surface area contributed by atoms with Gasteiger partial charge in [-0.05, 0) is 93.8 Å². The van der Waals surface area contributed by atoms with Crippen LogP contribution in [-0.2, 0) is 54.8 Å². The van der Waals surface area contributed by atoms with E-state index in [0.29, 0.717) is 75.3 Å². The number of amides is 1. The number of hydrogen-bond acceptors (Lipinski definition) is 31. The summed E-state index contributed by atoms with van der Waals surface area (Å²) in [5.74, 6) is -17.5. The zero-order chi connectivity index (χ0) is 102. The lowest BCUT2D eigenvalue weighted by Gasteiger charge is -2.35. The van der Waals surface area contributed by atoms with E-state index in [0.717, 1.165) is 12.1 Å². The van der Waals surface area contributed by atoms with Gasteiger partial charge in [-0.1, -0.05) is 79.3 Å². The van der Waals surface area contributed by atoms with Crippen LogP contribution in [0.15, 0.2) is 194 Å². The van der Waals surface area contributed by atoms with Gasteiger partial charge in [0.15, 0.2) is 44.2 Å². The number of aliphatic imine (C=N–C) groups is 4. The molecule has 8 aromatic rings. The van der Waals surface area contributed by atoms with E-state index in [2.05, 4.69) is 88.0 Å². The summed E-state index contributed by atoms with van der Waals surface area (Å²) in [4.78, 5) is 116. The Morgan fingerprint density at radius 2 is 0.858 bits per heavy atom. The first-order chi connectivity index (χ1) is 66.7. The molecule has 0 bridgehead atoms. The molecule has 0 radical (unpaired) electrons. The SMILES string of the molecule is CCOC(=O)C1=C(CN2CC(F)(F)C[C@H]2C(C)(C)O)NC(c2nccs2)=NC1c1ccc(F)cc1Br.CCOC(=O)C1=C(CN2CC(F)(F)C[C@H]2CO)NC(c2nccs2)=NC1c1ccc(F)cc1Cl.COC(=O)C1=C(CN2CC(F)(F)C[C@H]2C(N)=O)NC(c2nccs2)=NC1c1ccc(F)cc1Br.COC(=O)C1=C(CN2CC(F)(F)C[C@H]2CCC(=O)O)NC(c2nccn2C)=N[C@H]1c1ccc(F)cc1Cl. The number of amidine groups is 4. The molecule has 31 nitrogen and oxygen atoms in total. The number of nitrogens with zero attached hydrogens (tertiary/aromatic N) is 13. The molecule has 0 spiro atoms. The highest BCUT2D eigenvalue weighted by Gasteiger charge is 2.54. The van der Waals surface area contributed by atoms with Gasteiger partial charge in [-0.15, -0.1) is 34.0 Å². The molecule has 8 atom stereocenters. The molecule has 3 unspecified atom stereocenters. The number of halogens is 16. The molecule has 12 heterocycles. The van der Waals surface area contributed by atoms with E-state index < -0.39 is 195 Å². The largest absolute Gasteiger partial charge is 0.481 e. The first kappa shape index (κ1) is 107. The fourth-order valence-electron chi connectivity index (χ4n) is 17.3. The number of methoxy groups -OCH3 is 2. The number of aliphatic hydroxyl groups is 2. The standard InChI is InChI=1S/C24H26BrF3N4O3S.C24H25ClF3N5O4.C22H22ClF3N4O3S.C21H19BrF3N5O3S/c1-4-35-22(33)18-16(11-32-12-24(27,28)10-17(32)23(2,3)34)30-20(21-29-7-8-36-21)31-19(18)14-6-5-13(26)9-15(14)25;1-32-8-7-29-22(32)21-30-17(11-33-12-24(27,28)10-14(33)4-6-18(34)35)19(23(36)37-2)20(31-21)15-5-3-13(26)9-16(15)25;1-2-33-21(32)17-16(9-30-11-22(25,26)8-13(30)10-31)28-19(20-27-5-6-34-20)29-18(17)14-4-3-12(24)7-15(14)23;1-33-20(32)15-13(8-30-9-21(24,25)7-14(30)17(26)31)28-18(19-27-4-5-34-19)29-16(15)11-3-2-10(23)6-12(11)22/h5-9,17,19,34H,4,10-12H2,1-3H3,(H,30,31);3,5,7-9,14,20H,4,6,10-12H2,1-2H3,(H,30,31)(H,34,35);3-7,13,18,31H,2,8-11H2,1H3,(H,28,29);2-6,14,16H,7-9H2,1H3,(H2,26,31)(H,28,29)/t17-,19?;14-,20+;13-,18?;14-,16?/m0100/s1. The van der Waals surface area contributed by atoms with Crippen LogP contribution in [-0.4, -0.2) is 258 Å². The van der Waals surface area contributed by atoms with Crippen LogP contribution in [0.25, 0.3) is 0 Å². The number of aryl methyl sites for hydroxylation is 1. The fraction of sp³-hybridized carbons (Fsp3) is 0.407. The number of alkyl halides is 8. The van der Waals surface area contributed by atoms with Gasteiger partial charge in [-0.2, -0.15) is 0 Å². The van der Waals surface area contributed by atoms with Crippen molar-refractivity contribution < 1.29 is 116 Å². The number of carboxylic acids is 1. The average molecular weight is 2200 g/mol. The Morgan fingerprint density at radius 3 is 1.23 bits per heavy atom. The number of aliphatic hydroxyl groups excluding tert-OH is 1. The summed E-state index contributed by atoms with van der Waals surface area (Å²) >= 11 is 23.2. The third kappa shape index (κ3) is 26.0. The number of likely N-dealkylation sites (tertiary alicyclic amines) is 4. The molecule has 4 aromatic heterocycles. The van der Waals surface area contributed by atoms with E-state index in [1.807, 2.05) is 0 Å². The molecule has 50 heteroatoms. The first-order valence-electron chi connectivity index (χ1n) is 43.3. The van der Waals surface area contributed by atoms with Crippen LogP contribution in [0, 0.1) is 23.3 Å². The van der Waals surface area contributed by atoms with Crippen molar-refractivity contribution in [2.24, 2.45) is 32.8 Å². The van der Waals surface area contributed by atoms with Gasteiger partial charge in [-0.25, -0.2) is 91.8 Å². The third-order valence-corrected chi connectivity index (χ3v) is 27.8. The number of benzene rings is 4. The molecular weight excluding hydrogens is 2110 g/mol. The molecule has 8 aliphatic heterocycles. The van der Waals surface area contributed by atoms with Crippen molar-refractivity contribution in [3.8, 4) is 0 Å². The molecule has 8 aliphatic rings. The second kappa shape index (κ2) is 45.4. The normalized spacial score (nSPS) is 22.2. The second-order valence-electron chi connectivity index (χ2n) is 33.9. The van der Waals surface area contributed by atoms with Gasteiger partial charge in [0.1, 0.15) is 47.4 Å². The number of aromatic nitrogens is 5. The van der Waals surface area contributed by atoms with E-state index in [9.17, 15) is 91.7 Å². The van der Waals surface area contributed by atoms with Gasteiger partial charge >= 0.3 is 29.8 Å². The van der Waals surface area contributed by atoms with Gasteiger partial charge in [-0.3, -0.25) is 49.2 Å². The van der Waals surface area contributed by atoms with Crippen LogP contribution in [0.1, 0.15) is 133 Å². The van der Waals surface area contributed by atoms with Gasteiger partial charge in [0, 0.05) is 183 Å². The number of carboxylic acid groups (broad SMARTS) is 1. The first-order valence-corrected chi connectivity index (χ1v) is 48.3. The number of carbonyl (C=O) groups is 6. The van der Waals surface area contributed by atoms with Crippen molar-refractivity contribution in [2.75, 3.05) is 86.4 Å². The Kier molecular flexibility index (Phi) is 34.5. The summed E-state index contributed by atoms with van der Waals surface area (Å²) in [5.41, 5.74) is 6.83. The number of aliphatic carboxylic acids is 1. The maximum Gasteiger partial charge on any atom is 0.338 e. The number of imidazole rings is 1. The maximum absolute atomic E-state index is 14.5. The van der Waals surface area contributed by atoms with E-state index in [-0.39, 0.29) is 107 Å². The highest BCUT2D eigenvalue weighted by Crippen LogP contribution is 2.47. The van der Waals surface area contributed by atoms with Crippen LogP contribution in [0.4, 0.5) is 52.7 Å². The van der Waals surface area contributed by atoms with Crippen molar-refractivity contribution in [2.45, 2.75) is 144 Å². The molecular formula is C91H92Br2Cl2F12N18O13S3. The number of ether oxygens (including phenoxy) is 4. The Balaban J connectivity index is 0.000000158. The fourth-order valence-corrected chi connectivity index (χ4v) is 20.7. The monoisotopic (exact) mass is 2200 g/mol. The Hall–Kier alpha value is -10.9. The van der Waals surface area contributed by atoms with E-state index >= 15 is 0 Å². The number of nitrogens with two attached hydrogens (primary N) is 1. The molecule has 4 saturated heterocycles. The number of nitrogens with one attached hydrogen (secondary N) is 4. The van der Waals surface area contributed by atoms with Crippen LogP contribution < -0.4 is 27.0 Å². The maximum atomic E-state index is 14.5. The Labute approximate surface area is 837 Å². The van der Waals surface area contributed by atoms with Gasteiger partial charge in [0.05, 0.1) is 94.2 Å². The van der Waals surface area contributed by atoms with Crippen LogP contribution in [0.3, 0.4) is 0 Å². The highest BCUT2D eigenvalue weighted by molar-refractivity contribution is 9.10. The molecule has 9 N–H and O–H groups in total. The minimum absolute atomic E-state index is 0.0132. The predicted molar refractivity (Wildman–Crippen MR) is 505 cm³/mol. The minimum Gasteiger partial charge on any atom is -0.481 e. The number of thiazole rings is 3. The summed E-state index contributed by atoms with van der Waals surface area (Å²) < 4.78 is 193. The zero-order valence-corrected chi connectivity index (χ0v) is 82.9. The Bertz CT molecular complexity index is 6240. The average Bonchev–Trinajstić information content (AvgIpc) is 1.75. The van der Waals surface area contributed by atoms with E-state index in [4.69, 9.17) is 58.0 Å². The summed E-state index contributed by atoms with van der Waals surface area (Å²) in [6.07, 6.45) is 5.48. The number of carbonyl (C=O) groups excluding carboxylic acids is 5. The quantitative estimate of drug-likeness (QED) is 0.0128. The number of rotatable bonds is 28. The van der Waals surface area contributed by atoms with Crippen molar-refractivity contribution >= 4 is 148 Å². The second-order valence-corrected chi connectivity index (χ2v) is 39.1. The minimum atomic E-state index is -3.12. The number of hydrogen-bond donors (Lipinski definition) is 8. The molecule has 0 aliphatic carbocycles. The zero-order valence-electron chi connectivity index (χ0n) is 75.8. The van der Waals surface area contributed by atoms with Crippen molar-refractivity contribution in [1.82, 2.24) is 65.4 Å². The molecule has 0 saturated carbocycles. The lowest BCUT2D eigenvalue weighted by molar-refractivity contribution is -0.139. The van der Waals surface area contributed by atoms with Crippen LogP contribution >= 0.6 is 89.1 Å². The molecule has 1 amide bonds. The summed E-state index contributed by atoms with van der Waals surface area (Å²) in [6.45, 7) is 2.90. The summed E-state index contributed by atoms with van der Waals surface area (Å²) in [7, 11) is 4.09. The van der Waals surface area contributed by atoms with Crippen LogP contribution in [0.5, 0.6) is 0 Å². The lowest BCUT2D eigenvalue weighted by Crippen LogP contribution is -2.48. The summed E-state index contributed by atoms with van der Waals surface area (Å²) in [6, 6.07) is 7.84. The van der Waals surface area contributed by atoms with Crippen molar-refractivity contribution in [3.05, 3.63) is 250 Å². The topological polar surface area (TPSA) is 393 Å². The molecule has 4 aromatic carbocycles. The molecule has 4 fully saturated rings. The van der Waals surface area contributed by atoms with E-state index in [1.54, 1.807) is 72.6 Å². The van der Waals surface area contributed by atoms with Crippen molar-refractivity contribution in [1.29, 1.82) is 0 Å². The smallest absolute Gasteiger partial charge is 0.338 e.